The minimum absolute atomic E-state index is 0.0976. The monoisotopic (exact) mass is 362 g/mol. The summed E-state index contributed by atoms with van der Waals surface area (Å²) in [4.78, 5) is 12.4. The zero-order valence-corrected chi connectivity index (χ0v) is 16.3. The summed E-state index contributed by atoms with van der Waals surface area (Å²) in [7, 11) is -0.936. The molecule has 2 bridgehead atoms. The third-order valence-corrected chi connectivity index (χ3v) is 7.20. The highest BCUT2D eigenvalue weighted by atomic mass is 32.2. The summed E-state index contributed by atoms with van der Waals surface area (Å²) in [5.74, 6) is 1.11. The molecule has 0 aliphatic carbocycles. The van der Waals surface area contributed by atoms with Gasteiger partial charge in [0.05, 0.1) is 0 Å². The average Bonchev–Trinajstić information content (AvgIpc) is 2.85. The minimum Gasteiger partial charge on any atom is -0.326 e. The number of hydrogen-bond acceptors (Lipinski definition) is 3. The molecule has 0 radical (unpaired) electrons. The summed E-state index contributed by atoms with van der Waals surface area (Å²) in [5, 5.41) is 6.65. The predicted molar refractivity (Wildman–Crippen MR) is 104 cm³/mol. The van der Waals surface area contributed by atoms with Crippen molar-refractivity contribution in [3.05, 3.63) is 29.8 Å². The van der Waals surface area contributed by atoms with E-state index in [0.29, 0.717) is 30.2 Å². The lowest BCUT2D eigenvalue weighted by molar-refractivity contribution is -0.117. The Morgan fingerprint density at radius 1 is 1.24 bits per heavy atom. The Morgan fingerprint density at radius 2 is 1.92 bits per heavy atom. The van der Waals surface area contributed by atoms with Gasteiger partial charge in [-0.25, -0.2) is 0 Å². The average molecular weight is 363 g/mol. The second-order valence-corrected chi connectivity index (χ2v) is 10.7. The minimum atomic E-state index is -0.936. The van der Waals surface area contributed by atoms with Crippen LogP contribution in [0.15, 0.2) is 24.3 Å². The molecule has 0 saturated carbocycles. The zero-order chi connectivity index (χ0) is 18.0. The summed E-state index contributed by atoms with van der Waals surface area (Å²) in [6, 6.07) is 9.00. The molecule has 2 aliphatic rings. The van der Waals surface area contributed by atoms with E-state index in [9.17, 15) is 9.00 Å². The molecule has 3 atom stereocenters. The van der Waals surface area contributed by atoms with E-state index in [1.54, 1.807) is 0 Å². The highest BCUT2D eigenvalue weighted by Crippen LogP contribution is 2.32. The molecule has 0 aromatic heterocycles. The van der Waals surface area contributed by atoms with Crippen molar-refractivity contribution in [1.82, 2.24) is 5.32 Å². The molecule has 3 unspecified atom stereocenters. The van der Waals surface area contributed by atoms with Crippen molar-refractivity contribution in [2.24, 2.45) is 5.92 Å². The Labute approximate surface area is 153 Å². The van der Waals surface area contributed by atoms with Crippen LogP contribution in [0.2, 0.25) is 0 Å². The molecule has 5 heteroatoms. The first-order valence-corrected chi connectivity index (χ1v) is 10.6. The fourth-order valence-corrected chi connectivity index (χ4v) is 4.84. The molecule has 2 aliphatic heterocycles. The molecule has 2 saturated heterocycles. The normalized spacial score (nSPS) is 27.1. The van der Waals surface area contributed by atoms with E-state index in [2.05, 4.69) is 10.6 Å². The molecular weight excluding hydrogens is 332 g/mol. The number of carbonyl (C=O) groups excluding carboxylic acids is 1. The maximum Gasteiger partial charge on any atom is 0.224 e. The van der Waals surface area contributed by atoms with Crippen molar-refractivity contribution in [2.75, 3.05) is 5.32 Å². The van der Waals surface area contributed by atoms with E-state index in [1.807, 2.05) is 45.0 Å². The Hall–Kier alpha value is -1.20. The highest BCUT2D eigenvalue weighted by Gasteiger charge is 2.34. The summed E-state index contributed by atoms with van der Waals surface area (Å²) < 4.78 is 12.1. The highest BCUT2D eigenvalue weighted by molar-refractivity contribution is 7.85. The van der Waals surface area contributed by atoms with E-state index in [1.165, 1.54) is 12.8 Å². The van der Waals surface area contributed by atoms with E-state index in [4.69, 9.17) is 0 Å². The SMILES string of the molecule is CC(C)(C)S(=O)Cc1cccc(NC(=O)CC2CC3CCC(C2)N3)c1. The lowest BCUT2D eigenvalue weighted by Gasteiger charge is -2.28. The fourth-order valence-electron chi connectivity index (χ4n) is 3.92. The first-order valence-electron chi connectivity index (χ1n) is 9.33. The molecule has 2 heterocycles. The number of piperidine rings is 1. The van der Waals surface area contributed by atoms with E-state index in [0.717, 1.165) is 24.1 Å². The number of anilines is 1. The van der Waals surface area contributed by atoms with Crippen molar-refractivity contribution < 1.29 is 9.00 Å². The Bertz CT molecular complexity index is 641. The summed E-state index contributed by atoms with van der Waals surface area (Å²) in [5.41, 5.74) is 1.82. The van der Waals surface area contributed by atoms with Gasteiger partial charge >= 0.3 is 0 Å². The van der Waals surface area contributed by atoms with Crippen LogP contribution < -0.4 is 10.6 Å². The van der Waals surface area contributed by atoms with Crippen LogP contribution in [0.5, 0.6) is 0 Å². The van der Waals surface area contributed by atoms with Gasteiger partial charge in [0.1, 0.15) is 0 Å². The predicted octanol–water partition coefficient (Wildman–Crippen LogP) is 3.59. The lowest BCUT2D eigenvalue weighted by atomic mass is 9.89. The van der Waals surface area contributed by atoms with Gasteiger partial charge in [0.15, 0.2) is 0 Å². The van der Waals surface area contributed by atoms with Crippen molar-refractivity contribution >= 4 is 22.4 Å². The van der Waals surface area contributed by atoms with Crippen molar-refractivity contribution in [3.8, 4) is 0 Å². The third kappa shape index (κ3) is 5.14. The molecule has 2 N–H and O–H groups in total. The van der Waals surface area contributed by atoms with Gasteiger partial charge < -0.3 is 10.6 Å². The number of nitrogens with one attached hydrogen (secondary N) is 2. The van der Waals surface area contributed by atoms with Gasteiger partial charge in [-0.2, -0.15) is 0 Å². The van der Waals surface area contributed by atoms with Crippen molar-refractivity contribution in [1.29, 1.82) is 0 Å². The number of fused-ring (bicyclic) bond motifs is 2. The van der Waals surface area contributed by atoms with E-state index >= 15 is 0 Å². The van der Waals surface area contributed by atoms with Gasteiger partial charge in [-0.3, -0.25) is 9.00 Å². The molecule has 138 valence electrons. The maximum absolute atomic E-state index is 12.4. The first-order chi connectivity index (χ1) is 11.8. The Kier molecular flexibility index (Phi) is 5.64. The Balaban J connectivity index is 1.54. The van der Waals surface area contributed by atoms with Crippen molar-refractivity contribution in [2.45, 2.75) is 75.5 Å². The van der Waals surface area contributed by atoms with Crippen molar-refractivity contribution in [3.63, 3.8) is 0 Å². The number of hydrogen-bond donors (Lipinski definition) is 2. The third-order valence-electron chi connectivity index (χ3n) is 5.24. The zero-order valence-electron chi connectivity index (χ0n) is 15.5. The van der Waals surface area contributed by atoms with E-state index in [-0.39, 0.29) is 10.7 Å². The molecule has 4 nitrogen and oxygen atoms in total. The second kappa shape index (κ2) is 7.58. The lowest BCUT2D eigenvalue weighted by Crippen LogP contribution is -2.39. The fraction of sp³-hybridized carbons (Fsp3) is 0.650. The molecule has 0 spiro atoms. The quantitative estimate of drug-likeness (QED) is 0.841. The van der Waals surface area contributed by atoms with Crippen LogP contribution in [-0.2, 0) is 21.3 Å². The summed E-state index contributed by atoms with van der Waals surface area (Å²) in [6.07, 6.45) is 5.36. The van der Waals surface area contributed by atoms with Gasteiger partial charge in [0.2, 0.25) is 5.91 Å². The van der Waals surface area contributed by atoms with Crippen LogP contribution >= 0.6 is 0 Å². The molecular formula is C20H30N2O2S. The van der Waals surface area contributed by atoms with Crippen LogP contribution in [0.4, 0.5) is 5.69 Å². The first kappa shape index (κ1) is 18.6. The van der Waals surface area contributed by atoms with Crippen LogP contribution in [0.1, 0.15) is 58.4 Å². The van der Waals surface area contributed by atoms with Gasteiger partial charge in [-0.1, -0.05) is 12.1 Å². The number of rotatable bonds is 5. The number of amides is 1. The molecule has 3 rings (SSSR count). The topological polar surface area (TPSA) is 58.2 Å². The van der Waals surface area contributed by atoms with Crippen LogP contribution in [-0.4, -0.2) is 26.9 Å². The van der Waals surface area contributed by atoms with Gasteiger partial charge in [0.25, 0.3) is 0 Å². The van der Waals surface area contributed by atoms with Gasteiger partial charge in [0, 0.05) is 45.5 Å². The maximum atomic E-state index is 12.4. The van der Waals surface area contributed by atoms with Gasteiger partial charge in [-0.15, -0.1) is 0 Å². The largest absolute Gasteiger partial charge is 0.326 e. The summed E-state index contributed by atoms with van der Waals surface area (Å²) in [6.45, 7) is 5.96. The molecule has 1 aromatic carbocycles. The van der Waals surface area contributed by atoms with Crippen LogP contribution in [0, 0.1) is 5.92 Å². The standard InChI is InChI=1S/C20H30N2O2S/c1-20(2,3)25(24)13-14-5-4-6-16(9-14)22-19(23)12-15-10-17-7-8-18(11-15)21-17/h4-6,9,15,17-18,21H,7-8,10-13H2,1-3H3,(H,22,23). The second-order valence-electron chi connectivity index (χ2n) is 8.53. The number of benzene rings is 1. The number of carbonyl (C=O) groups is 1. The summed E-state index contributed by atoms with van der Waals surface area (Å²) >= 11 is 0. The Morgan fingerprint density at radius 3 is 2.56 bits per heavy atom. The van der Waals surface area contributed by atoms with E-state index < -0.39 is 10.8 Å². The molecule has 25 heavy (non-hydrogen) atoms. The molecule has 2 fully saturated rings. The molecule has 1 amide bonds. The van der Waals surface area contributed by atoms with Crippen LogP contribution in [0.25, 0.3) is 0 Å². The molecule has 1 aromatic rings. The van der Waals surface area contributed by atoms with Crippen LogP contribution in [0.3, 0.4) is 0 Å². The smallest absolute Gasteiger partial charge is 0.224 e. The van der Waals surface area contributed by atoms with Gasteiger partial charge in [-0.05, 0) is 70.1 Å².